The van der Waals surface area contributed by atoms with Crippen molar-refractivity contribution >= 4 is 5.69 Å². The Kier molecular flexibility index (Phi) is 4.47. The Morgan fingerprint density at radius 2 is 1.39 bits per heavy atom. The first kappa shape index (κ1) is 16.2. The Hall–Kier alpha value is -3.13. The van der Waals surface area contributed by atoms with Crippen LogP contribution in [0.3, 0.4) is 0 Å². The minimum atomic E-state index is -1.79. The van der Waals surface area contributed by atoms with Crippen molar-refractivity contribution in [2.75, 3.05) is 5.32 Å². The van der Waals surface area contributed by atoms with Gasteiger partial charge in [0, 0.05) is 12.1 Å². The van der Waals surface area contributed by atoms with Crippen molar-refractivity contribution in [3.05, 3.63) is 64.0 Å². The number of nitrogens with one attached hydrogen (secondary N) is 1. The van der Waals surface area contributed by atoms with E-state index >= 15 is 0 Å². The first-order chi connectivity index (χ1) is 10.9. The monoisotopic (exact) mass is 323 g/mol. The highest BCUT2D eigenvalue weighted by atomic mass is 19.2. The summed E-state index contributed by atoms with van der Waals surface area (Å²) in [7, 11) is 0. The molecular weight excluding hydrogens is 317 g/mol. The highest BCUT2D eigenvalue weighted by molar-refractivity contribution is 5.62. The van der Waals surface area contributed by atoms with Gasteiger partial charge in [0.15, 0.2) is 17.5 Å². The Morgan fingerprint density at radius 1 is 0.826 bits per heavy atom. The normalized spacial score (nSPS) is 10.0. The van der Waals surface area contributed by atoms with E-state index in [9.17, 15) is 22.0 Å². The van der Waals surface area contributed by atoms with E-state index in [0.717, 1.165) is 24.3 Å². The molecule has 0 amide bonds. The third-order valence-electron chi connectivity index (χ3n) is 3.05. The number of halogens is 5. The van der Waals surface area contributed by atoms with E-state index in [4.69, 9.17) is 10.5 Å². The SMILES string of the molecule is N#Cc1c(F)c(F)c(NCc2c(F)cccc2F)c(C#N)c1F. The molecule has 116 valence electrons. The van der Waals surface area contributed by atoms with E-state index in [0.29, 0.717) is 0 Å². The van der Waals surface area contributed by atoms with Gasteiger partial charge in [-0.1, -0.05) is 6.07 Å². The molecule has 0 radical (unpaired) electrons. The quantitative estimate of drug-likeness (QED) is 0.691. The number of anilines is 1. The van der Waals surface area contributed by atoms with Crippen LogP contribution in [0.4, 0.5) is 27.6 Å². The first-order valence-electron chi connectivity index (χ1n) is 6.09. The summed E-state index contributed by atoms with van der Waals surface area (Å²) in [5, 5.41) is 19.6. The molecule has 0 saturated heterocycles. The zero-order valence-electron chi connectivity index (χ0n) is 11.2. The highest BCUT2D eigenvalue weighted by Gasteiger charge is 2.25. The molecule has 23 heavy (non-hydrogen) atoms. The lowest BCUT2D eigenvalue weighted by Crippen LogP contribution is -2.11. The zero-order valence-corrected chi connectivity index (χ0v) is 11.2. The molecule has 0 aliphatic heterocycles. The summed E-state index contributed by atoms with van der Waals surface area (Å²) in [4.78, 5) is 0. The van der Waals surface area contributed by atoms with Crippen molar-refractivity contribution in [2.45, 2.75) is 6.54 Å². The lowest BCUT2D eigenvalue weighted by Gasteiger charge is -2.12. The van der Waals surface area contributed by atoms with Crippen LogP contribution in [-0.4, -0.2) is 0 Å². The summed E-state index contributed by atoms with van der Waals surface area (Å²) in [5.74, 6) is -6.93. The third-order valence-corrected chi connectivity index (χ3v) is 3.05. The topological polar surface area (TPSA) is 59.6 Å². The lowest BCUT2D eigenvalue weighted by molar-refractivity contribution is 0.492. The molecule has 1 N–H and O–H groups in total. The van der Waals surface area contributed by atoms with Crippen LogP contribution >= 0.6 is 0 Å². The highest BCUT2D eigenvalue weighted by Crippen LogP contribution is 2.29. The molecule has 0 atom stereocenters. The maximum atomic E-state index is 13.9. The van der Waals surface area contributed by atoms with Crippen LogP contribution < -0.4 is 5.32 Å². The van der Waals surface area contributed by atoms with Crippen LogP contribution in [0.1, 0.15) is 16.7 Å². The van der Waals surface area contributed by atoms with Crippen molar-refractivity contribution in [3.63, 3.8) is 0 Å². The molecule has 0 unspecified atom stereocenters. The van der Waals surface area contributed by atoms with Crippen LogP contribution in [0.2, 0.25) is 0 Å². The fraction of sp³-hybridized carbons (Fsp3) is 0.0667. The lowest BCUT2D eigenvalue weighted by atomic mass is 10.1. The molecule has 3 nitrogen and oxygen atoms in total. The largest absolute Gasteiger partial charge is 0.377 e. The van der Waals surface area contributed by atoms with Gasteiger partial charge in [0.2, 0.25) is 0 Å². The number of nitrogens with zero attached hydrogens (tertiary/aromatic N) is 2. The molecule has 2 aromatic carbocycles. The Bertz CT molecular complexity index is 845. The van der Waals surface area contributed by atoms with Crippen LogP contribution in [0, 0.1) is 51.7 Å². The van der Waals surface area contributed by atoms with Gasteiger partial charge in [-0.2, -0.15) is 10.5 Å². The molecule has 0 bridgehead atoms. The molecule has 0 aromatic heterocycles. The van der Waals surface area contributed by atoms with Gasteiger partial charge in [-0.15, -0.1) is 0 Å². The second-order valence-corrected chi connectivity index (χ2v) is 4.34. The van der Waals surface area contributed by atoms with E-state index in [1.165, 1.54) is 6.07 Å². The molecule has 2 aromatic rings. The summed E-state index contributed by atoms with van der Waals surface area (Å²) in [6.45, 7) is -0.658. The second kappa shape index (κ2) is 6.32. The maximum Gasteiger partial charge on any atom is 0.184 e. The summed E-state index contributed by atoms with van der Waals surface area (Å²) in [6.07, 6.45) is 0. The Morgan fingerprint density at radius 3 is 1.91 bits per heavy atom. The fourth-order valence-corrected chi connectivity index (χ4v) is 1.91. The van der Waals surface area contributed by atoms with E-state index in [-0.39, 0.29) is 0 Å². The van der Waals surface area contributed by atoms with Crippen LogP contribution in [0.15, 0.2) is 18.2 Å². The van der Waals surface area contributed by atoms with Gasteiger partial charge in [0.1, 0.15) is 34.9 Å². The molecule has 0 heterocycles. The van der Waals surface area contributed by atoms with Crippen molar-refractivity contribution in [1.82, 2.24) is 0 Å². The van der Waals surface area contributed by atoms with Crippen molar-refractivity contribution in [3.8, 4) is 12.1 Å². The summed E-state index contributed by atoms with van der Waals surface area (Å²) < 4.78 is 68.3. The minimum absolute atomic E-state index is 0.499. The minimum Gasteiger partial charge on any atom is -0.377 e. The number of hydrogen-bond acceptors (Lipinski definition) is 3. The average Bonchev–Trinajstić information content (AvgIpc) is 2.52. The van der Waals surface area contributed by atoms with E-state index < -0.39 is 58.0 Å². The summed E-state index contributed by atoms with van der Waals surface area (Å²) in [5.41, 5.74) is -3.62. The first-order valence-corrected chi connectivity index (χ1v) is 6.09. The maximum absolute atomic E-state index is 13.9. The third kappa shape index (κ3) is 2.79. The van der Waals surface area contributed by atoms with Gasteiger partial charge in [0.25, 0.3) is 0 Å². The van der Waals surface area contributed by atoms with Gasteiger partial charge < -0.3 is 5.32 Å². The molecule has 0 spiro atoms. The zero-order chi connectivity index (χ0) is 17.1. The van der Waals surface area contributed by atoms with Crippen molar-refractivity contribution in [1.29, 1.82) is 10.5 Å². The molecule has 0 fully saturated rings. The fourth-order valence-electron chi connectivity index (χ4n) is 1.91. The molecule has 0 aliphatic rings. The molecule has 0 saturated carbocycles. The summed E-state index contributed by atoms with van der Waals surface area (Å²) >= 11 is 0. The van der Waals surface area contributed by atoms with E-state index in [1.54, 1.807) is 0 Å². The number of rotatable bonds is 3. The van der Waals surface area contributed by atoms with Gasteiger partial charge in [0.05, 0.1) is 5.69 Å². The van der Waals surface area contributed by atoms with Crippen LogP contribution in [0.25, 0.3) is 0 Å². The second-order valence-electron chi connectivity index (χ2n) is 4.34. The van der Waals surface area contributed by atoms with Crippen molar-refractivity contribution < 1.29 is 22.0 Å². The van der Waals surface area contributed by atoms with Crippen LogP contribution in [0.5, 0.6) is 0 Å². The predicted molar refractivity (Wildman–Crippen MR) is 69.4 cm³/mol. The van der Waals surface area contributed by atoms with E-state index in [1.807, 2.05) is 0 Å². The number of benzene rings is 2. The molecular formula is C15H6F5N3. The van der Waals surface area contributed by atoms with Gasteiger partial charge >= 0.3 is 0 Å². The number of hydrogen-bond donors (Lipinski definition) is 1. The van der Waals surface area contributed by atoms with Crippen molar-refractivity contribution in [2.24, 2.45) is 0 Å². The van der Waals surface area contributed by atoms with Gasteiger partial charge in [-0.25, -0.2) is 22.0 Å². The smallest absolute Gasteiger partial charge is 0.184 e. The number of nitriles is 2. The van der Waals surface area contributed by atoms with E-state index in [2.05, 4.69) is 5.32 Å². The Labute approximate surface area is 127 Å². The predicted octanol–water partition coefficient (Wildman–Crippen LogP) is 3.74. The molecule has 8 heteroatoms. The molecule has 2 rings (SSSR count). The average molecular weight is 323 g/mol. The van der Waals surface area contributed by atoms with Crippen LogP contribution in [-0.2, 0) is 6.54 Å². The summed E-state index contributed by atoms with van der Waals surface area (Å²) in [6, 6.07) is 5.40. The standard InChI is InChI=1S/C15H6F5N3/c16-10-2-1-3-11(17)9(10)6-23-15-8(5-22)12(18)7(4-21)13(19)14(15)20/h1-3,23H,6H2. The van der Waals surface area contributed by atoms with Gasteiger partial charge in [-0.05, 0) is 12.1 Å². The Balaban J connectivity index is 2.50. The van der Waals surface area contributed by atoms with Gasteiger partial charge in [-0.3, -0.25) is 0 Å². The molecule has 0 aliphatic carbocycles.